The Balaban J connectivity index is 2.69. The first kappa shape index (κ1) is 12.3. The van der Waals surface area contributed by atoms with Gasteiger partial charge in [-0.15, -0.1) is 0 Å². The number of nitrogens with two attached hydrogens (primary N) is 1. The van der Waals surface area contributed by atoms with E-state index in [-0.39, 0.29) is 12.5 Å². The first-order valence-corrected chi connectivity index (χ1v) is 5.18. The van der Waals surface area contributed by atoms with Crippen molar-refractivity contribution in [2.75, 3.05) is 0 Å². The largest absolute Gasteiger partial charge is 0.481 e. The van der Waals surface area contributed by atoms with Crippen LogP contribution >= 0.6 is 23.2 Å². The van der Waals surface area contributed by atoms with Crippen LogP contribution in [0, 0.1) is 0 Å². The van der Waals surface area contributed by atoms with Gasteiger partial charge in [0.2, 0.25) is 0 Å². The molecule has 0 spiro atoms. The molecule has 0 saturated heterocycles. The number of rotatable bonds is 4. The van der Waals surface area contributed by atoms with Crippen LogP contribution in [-0.2, 0) is 4.79 Å². The van der Waals surface area contributed by atoms with E-state index in [1.54, 1.807) is 18.2 Å². The van der Waals surface area contributed by atoms with E-state index >= 15 is 0 Å². The molecule has 0 radical (unpaired) electrons. The normalized spacial score (nSPS) is 12.5. The van der Waals surface area contributed by atoms with Gasteiger partial charge in [0.05, 0.1) is 10.0 Å². The molecule has 0 aromatic heterocycles. The third kappa shape index (κ3) is 3.70. The maximum absolute atomic E-state index is 10.4. The summed E-state index contributed by atoms with van der Waals surface area (Å²) in [7, 11) is 0. The fourth-order valence-electron chi connectivity index (χ4n) is 1.19. The van der Waals surface area contributed by atoms with E-state index in [9.17, 15) is 4.79 Å². The van der Waals surface area contributed by atoms with Gasteiger partial charge in [0.15, 0.2) is 0 Å². The van der Waals surface area contributed by atoms with E-state index in [0.717, 1.165) is 5.56 Å². The summed E-state index contributed by atoms with van der Waals surface area (Å²) in [5, 5.41) is 9.40. The summed E-state index contributed by atoms with van der Waals surface area (Å²) < 4.78 is 0. The van der Waals surface area contributed by atoms with Gasteiger partial charge >= 0.3 is 5.97 Å². The Morgan fingerprint density at radius 3 is 2.60 bits per heavy atom. The van der Waals surface area contributed by atoms with Crippen molar-refractivity contribution in [1.29, 1.82) is 0 Å². The first-order valence-electron chi connectivity index (χ1n) is 4.43. The van der Waals surface area contributed by atoms with Crippen molar-refractivity contribution in [3.63, 3.8) is 0 Å². The van der Waals surface area contributed by atoms with Gasteiger partial charge in [0, 0.05) is 12.5 Å². The maximum atomic E-state index is 10.4. The second-order valence-electron chi connectivity index (χ2n) is 3.21. The minimum Gasteiger partial charge on any atom is -0.481 e. The van der Waals surface area contributed by atoms with Crippen LogP contribution in [0.4, 0.5) is 0 Å². The van der Waals surface area contributed by atoms with Crippen LogP contribution in [-0.4, -0.2) is 11.1 Å². The molecular formula is C10H11Cl2NO2. The highest BCUT2D eigenvalue weighted by Gasteiger charge is 2.09. The van der Waals surface area contributed by atoms with Gasteiger partial charge in [-0.25, -0.2) is 0 Å². The zero-order chi connectivity index (χ0) is 11.4. The molecule has 0 amide bonds. The second kappa shape index (κ2) is 5.35. The van der Waals surface area contributed by atoms with Crippen LogP contribution in [0.1, 0.15) is 24.4 Å². The molecule has 0 fully saturated rings. The molecular weight excluding hydrogens is 237 g/mol. The van der Waals surface area contributed by atoms with E-state index in [4.69, 9.17) is 34.0 Å². The summed E-state index contributed by atoms with van der Waals surface area (Å²) in [4.78, 5) is 10.4. The minimum atomic E-state index is -0.856. The van der Waals surface area contributed by atoms with Gasteiger partial charge in [-0.3, -0.25) is 4.79 Å². The predicted molar refractivity (Wildman–Crippen MR) is 60.3 cm³/mol. The highest BCUT2D eigenvalue weighted by atomic mass is 35.5. The number of benzene rings is 1. The molecule has 0 aliphatic heterocycles. The number of carbonyl (C=O) groups is 1. The summed E-state index contributed by atoms with van der Waals surface area (Å²) in [5.74, 6) is -0.856. The van der Waals surface area contributed by atoms with Crippen molar-refractivity contribution in [1.82, 2.24) is 0 Å². The summed E-state index contributed by atoms with van der Waals surface area (Å²) >= 11 is 11.6. The van der Waals surface area contributed by atoms with Gasteiger partial charge in [-0.2, -0.15) is 0 Å². The van der Waals surface area contributed by atoms with Crippen LogP contribution in [0.15, 0.2) is 18.2 Å². The third-order valence-corrected chi connectivity index (χ3v) is 2.78. The fourth-order valence-corrected chi connectivity index (χ4v) is 1.50. The van der Waals surface area contributed by atoms with Crippen LogP contribution in [0.3, 0.4) is 0 Å². The maximum Gasteiger partial charge on any atom is 0.303 e. The Hall–Kier alpha value is -0.770. The zero-order valence-electron chi connectivity index (χ0n) is 7.91. The molecule has 5 heteroatoms. The lowest BCUT2D eigenvalue weighted by Crippen LogP contribution is -2.12. The quantitative estimate of drug-likeness (QED) is 0.861. The Morgan fingerprint density at radius 2 is 2.07 bits per heavy atom. The van der Waals surface area contributed by atoms with Crippen LogP contribution in [0.5, 0.6) is 0 Å². The van der Waals surface area contributed by atoms with Crippen molar-refractivity contribution in [3.05, 3.63) is 33.8 Å². The van der Waals surface area contributed by atoms with Crippen molar-refractivity contribution in [3.8, 4) is 0 Å². The molecule has 15 heavy (non-hydrogen) atoms. The molecule has 0 aliphatic carbocycles. The Labute approximate surface area is 97.8 Å². The Kier molecular flexibility index (Phi) is 4.39. The van der Waals surface area contributed by atoms with Gasteiger partial charge in [0.1, 0.15) is 0 Å². The average Bonchev–Trinajstić information content (AvgIpc) is 2.18. The lowest BCUT2D eigenvalue weighted by Gasteiger charge is -2.11. The molecule has 0 bridgehead atoms. The van der Waals surface area contributed by atoms with Crippen molar-refractivity contribution in [2.24, 2.45) is 5.73 Å². The monoisotopic (exact) mass is 247 g/mol. The van der Waals surface area contributed by atoms with E-state index in [1.807, 2.05) is 0 Å². The van der Waals surface area contributed by atoms with Crippen molar-refractivity contribution >= 4 is 29.2 Å². The van der Waals surface area contributed by atoms with E-state index in [1.165, 1.54) is 0 Å². The lowest BCUT2D eigenvalue weighted by atomic mass is 10.0. The molecule has 1 aromatic carbocycles. The number of hydrogen-bond donors (Lipinski definition) is 2. The zero-order valence-corrected chi connectivity index (χ0v) is 9.42. The molecule has 1 unspecified atom stereocenters. The van der Waals surface area contributed by atoms with Gasteiger partial charge in [-0.1, -0.05) is 29.3 Å². The van der Waals surface area contributed by atoms with Crippen LogP contribution < -0.4 is 5.73 Å². The number of halogens is 2. The second-order valence-corrected chi connectivity index (χ2v) is 4.03. The Morgan fingerprint density at radius 1 is 1.40 bits per heavy atom. The minimum absolute atomic E-state index is 0.0431. The molecule has 82 valence electrons. The molecule has 1 rings (SSSR count). The van der Waals surface area contributed by atoms with Gasteiger partial charge < -0.3 is 10.8 Å². The third-order valence-electron chi connectivity index (χ3n) is 2.04. The van der Waals surface area contributed by atoms with E-state index < -0.39 is 5.97 Å². The number of carboxylic acid groups (broad SMARTS) is 1. The van der Waals surface area contributed by atoms with E-state index in [0.29, 0.717) is 16.5 Å². The fraction of sp³-hybridized carbons (Fsp3) is 0.300. The smallest absolute Gasteiger partial charge is 0.303 e. The van der Waals surface area contributed by atoms with Gasteiger partial charge in [-0.05, 0) is 24.1 Å². The molecule has 1 atom stereocenters. The van der Waals surface area contributed by atoms with Gasteiger partial charge in [0.25, 0.3) is 0 Å². The lowest BCUT2D eigenvalue weighted by molar-refractivity contribution is -0.137. The summed E-state index contributed by atoms with van der Waals surface area (Å²) in [6, 6.07) is 4.74. The topological polar surface area (TPSA) is 63.3 Å². The summed E-state index contributed by atoms with van der Waals surface area (Å²) in [6.07, 6.45) is 0.425. The molecule has 1 aromatic rings. The number of carboxylic acids is 1. The van der Waals surface area contributed by atoms with Crippen LogP contribution in [0.2, 0.25) is 10.0 Å². The average molecular weight is 248 g/mol. The Bertz CT molecular complexity index is 368. The molecule has 3 nitrogen and oxygen atoms in total. The molecule has 0 saturated carbocycles. The highest BCUT2D eigenvalue weighted by Crippen LogP contribution is 2.26. The number of hydrogen-bond acceptors (Lipinski definition) is 2. The molecule has 0 heterocycles. The number of aliphatic carboxylic acids is 1. The SMILES string of the molecule is NC(CCC(=O)O)c1ccc(Cl)c(Cl)c1. The van der Waals surface area contributed by atoms with Crippen molar-refractivity contribution in [2.45, 2.75) is 18.9 Å². The van der Waals surface area contributed by atoms with E-state index in [2.05, 4.69) is 0 Å². The first-order chi connectivity index (χ1) is 7.00. The predicted octanol–water partition coefficient (Wildman–Crippen LogP) is 2.86. The standard InChI is InChI=1S/C10H11Cl2NO2/c11-7-2-1-6(5-8(7)12)9(13)3-4-10(14)15/h1-2,5,9H,3-4,13H2,(H,14,15). The molecule has 0 aliphatic rings. The van der Waals surface area contributed by atoms with Crippen LogP contribution in [0.25, 0.3) is 0 Å². The van der Waals surface area contributed by atoms with Crippen molar-refractivity contribution < 1.29 is 9.90 Å². The highest BCUT2D eigenvalue weighted by molar-refractivity contribution is 6.42. The molecule has 3 N–H and O–H groups in total. The summed E-state index contributed by atoms with van der Waals surface area (Å²) in [5.41, 5.74) is 6.59. The summed E-state index contributed by atoms with van der Waals surface area (Å²) in [6.45, 7) is 0.